The summed E-state index contributed by atoms with van der Waals surface area (Å²) in [6.07, 6.45) is 6.55. The molecular formula is C10H13ClO2. The van der Waals surface area contributed by atoms with Gasteiger partial charge in [-0.15, -0.1) is 11.6 Å². The molecule has 0 aromatic carbocycles. The topological polar surface area (TPSA) is 26.3 Å². The number of hydrogen-bond acceptors (Lipinski definition) is 2. The van der Waals surface area contributed by atoms with E-state index in [1.54, 1.807) is 0 Å². The van der Waals surface area contributed by atoms with Gasteiger partial charge in [0.1, 0.15) is 12.0 Å². The van der Waals surface area contributed by atoms with Gasteiger partial charge in [-0.3, -0.25) is 4.79 Å². The van der Waals surface area contributed by atoms with E-state index in [0.717, 1.165) is 12.8 Å². The van der Waals surface area contributed by atoms with Crippen molar-refractivity contribution < 1.29 is 9.53 Å². The quantitative estimate of drug-likeness (QED) is 0.388. The van der Waals surface area contributed by atoms with E-state index >= 15 is 0 Å². The SMILES string of the molecule is CC12C=CC(C1)C(OC(=O)CCl)C2. The van der Waals surface area contributed by atoms with Gasteiger partial charge in [-0.25, -0.2) is 0 Å². The van der Waals surface area contributed by atoms with Gasteiger partial charge in [0.15, 0.2) is 0 Å². The summed E-state index contributed by atoms with van der Waals surface area (Å²) < 4.78 is 5.24. The number of allylic oxidation sites excluding steroid dienone is 1. The molecule has 0 aliphatic heterocycles. The Hall–Kier alpha value is -0.500. The molecule has 0 spiro atoms. The van der Waals surface area contributed by atoms with Crippen molar-refractivity contribution in [2.24, 2.45) is 11.3 Å². The lowest BCUT2D eigenvalue weighted by Gasteiger charge is -2.21. The molecule has 2 aliphatic carbocycles. The zero-order valence-electron chi connectivity index (χ0n) is 7.63. The summed E-state index contributed by atoms with van der Waals surface area (Å²) in [6.45, 7) is 2.21. The number of carbonyl (C=O) groups excluding carboxylic acids is 1. The molecule has 2 aliphatic rings. The normalized spacial score (nSPS) is 41.1. The molecule has 0 amide bonds. The molecule has 0 aromatic rings. The second kappa shape index (κ2) is 3.02. The third kappa shape index (κ3) is 1.60. The molecule has 2 nitrogen and oxygen atoms in total. The van der Waals surface area contributed by atoms with Crippen molar-refractivity contribution in [2.45, 2.75) is 25.9 Å². The predicted molar refractivity (Wildman–Crippen MR) is 50.6 cm³/mol. The molecule has 2 bridgehead atoms. The van der Waals surface area contributed by atoms with Crippen molar-refractivity contribution >= 4 is 17.6 Å². The molecular weight excluding hydrogens is 188 g/mol. The van der Waals surface area contributed by atoms with E-state index in [1.165, 1.54) is 0 Å². The fraction of sp³-hybridized carbons (Fsp3) is 0.700. The lowest BCUT2D eigenvalue weighted by atomic mass is 9.90. The molecule has 0 saturated heterocycles. The highest BCUT2D eigenvalue weighted by Crippen LogP contribution is 2.49. The average Bonchev–Trinajstić information content (AvgIpc) is 2.59. The lowest BCUT2D eigenvalue weighted by molar-refractivity contribution is -0.147. The van der Waals surface area contributed by atoms with E-state index in [0.29, 0.717) is 5.92 Å². The predicted octanol–water partition coefficient (Wildman–Crippen LogP) is 2.12. The number of halogens is 1. The maximum absolute atomic E-state index is 11.0. The Morgan fingerprint density at radius 3 is 2.92 bits per heavy atom. The van der Waals surface area contributed by atoms with Gasteiger partial charge >= 0.3 is 5.97 Å². The minimum absolute atomic E-state index is 0.0380. The average molecular weight is 201 g/mol. The van der Waals surface area contributed by atoms with Crippen LogP contribution in [0.1, 0.15) is 19.8 Å². The molecule has 3 unspecified atom stereocenters. The highest BCUT2D eigenvalue weighted by atomic mass is 35.5. The van der Waals surface area contributed by atoms with Crippen molar-refractivity contribution in [1.29, 1.82) is 0 Å². The summed E-state index contributed by atoms with van der Waals surface area (Å²) in [4.78, 5) is 11.0. The first-order valence-corrected chi connectivity index (χ1v) is 5.11. The molecule has 3 atom stereocenters. The fourth-order valence-corrected chi connectivity index (χ4v) is 2.44. The monoisotopic (exact) mass is 200 g/mol. The van der Waals surface area contributed by atoms with Gasteiger partial charge < -0.3 is 4.74 Å². The summed E-state index contributed by atoms with van der Waals surface area (Å²) >= 11 is 5.37. The Morgan fingerprint density at radius 1 is 1.69 bits per heavy atom. The number of rotatable bonds is 2. The van der Waals surface area contributed by atoms with Crippen LogP contribution in [0.15, 0.2) is 12.2 Å². The van der Waals surface area contributed by atoms with E-state index in [9.17, 15) is 4.79 Å². The van der Waals surface area contributed by atoms with E-state index in [-0.39, 0.29) is 23.4 Å². The highest BCUT2D eigenvalue weighted by Gasteiger charge is 2.45. The van der Waals surface area contributed by atoms with Crippen LogP contribution < -0.4 is 0 Å². The van der Waals surface area contributed by atoms with Gasteiger partial charge in [-0.2, -0.15) is 0 Å². The molecule has 72 valence electrons. The molecule has 0 radical (unpaired) electrons. The van der Waals surface area contributed by atoms with Crippen LogP contribution in [0.25, 0.3) is 0 Å². The molecule has 0 N–H and O–H groups in total. The standard InChI is InChI=1S/C10H13ClO2/c1-10-3-2-7(4-10)8(5-10)13-9(12)6-11/h2-3,7-8H,4-6H2,1H3. The highest BCUT2D eigenvalue weighted by molar-refractivity contribution is 6.26. The van der Waals surface area contributed by atoms with Gasteiger partial charge in [0.2, 0.25) is 0 Å². The van der Waals surface area contributed by atoms with Crippen molar-refractivity contribution in [3.05, 3.63) is 12.2 Å². The number of ether oxygens (including phenoxy) is 1. The van der Waals surface area contributed by atoms with Crippen molar-refractivity contribution in [1.82, 2.24) is 0 Å². The molecule has 3 heteroatoms. The van der Waals surface area contributed by atoms with Gasteiger partial charge in [0.25, 0.3) is 0 Å². The van der Waals surface area contributed by atoms with Crippen LogP contribution in [0, 0.1) is 11.3 Å². The first kappa shape index (κ1) is 9.07. The largest absolute Gasteiger partial charge is 0.461 e. The number of fused-ring (bicyclic) bond motifs is 2. The van der Waals surface area contributed by atoms with Gasteiger partial charge in [0.05, 0.1) is 0 Å². The Morgan fingerprint density at radius 2 is 2.46 bits per heavy atom. The minimum atomic E-state index is -0.295. The summed E-state index contributed by atoms with van der Waals surface area (Å²) in [5.74, 6) is 0.0947. The van der Waals surface area contributed by atoms with Gasteiger partial charge in [-0.1, -0.05) is 19.1 Å². The molecule has 0 heterocycles. The third-order valence-electron chi connectivity index (χ3n) is 2.98. The Labute approximate surface area is 82.9 Å². The third-order valence-corrected chi connectivity index (χ3v) is 3.20. The molecule has 2 rings (SSSR count). The van der Waals surface area contributed by atoms with Crippen LogP contribution in [0.4, 0.5) is 0 Å². The molecule has 1 saturated carbocycles. The van der Waals surface area contributed by atoms with Crippen LogP contribution in [-0.2, 0) is 9.53 Å². The van der Waals surface area contributed by atoms with Crippen molar-refractivity contribution in [2.75, 3.05) is 5.88 Å². The van der Waals surface area contributed by atoms with Crippen LogP contribution in [0.2, 0.25) is 0 Å². The number of esters is 1. The first-order valence-electron chi connectivity index (χ1n) is 4.58. The Kier molecular flexibility index (Phi) is 2.11. The number of alkyl halides is 1. The molecule has 1 fully saturated rings. The number of hydrogen-bond donors (Lipinski definition) is 0. The summed E-state index contributed by atoms with van der Waals surface area (Å²) in [6, 6.07) is 0. The van der Waals surface area contributed by atoms with Crippen molar-refractivity contribution in [3.8, 4) is 0 Å². The van der Waals surface area contributed by atoms with Crippen LogP contribution >= 0.6 is 11.6 Å². The van der Waals surface area contributed by atoms with E-state index in [1.807, 2.05) is 0 Å². The minimum Gasteiger partial charge on any atom is -0.461 e. The second-order valence-electron chi connectivity index (χ2n) is 4.25. The molecule has 0 aromatic heterocycles. The zero-order chi connectivity index (χ0) is 9.47. The summed E-state index contributed by atoms with van der Waals surface area (Å²) in [7, 11) is 0. The van der Waals surface area contributed by atoms with Crippen LogP contribution in [-0.4, -0.2) is 18.0 Å². The lowest BCUT2D eigenvalue weighted by Crippen LogP contribution is -2.24. The smallest absolute Gasteiger partial charge is 0.321 e. The van der Waals surface area contributed by atoms with Crippen LogP contribution in [0.3, 0.4) is 0 Å². The van der Waals surface area contributed by atoms with E-state index in [4.69, 9.17) is 16.3 Å². The zero-order valence-corrected chi connectivity index (χ0v) is 8.38. The number of carbonyl (C=O) groups is 1. The van der Waals surface area contributed by atoms with Crippen molar-refractivity contribution in [3.63, 3.8) is 0 Å². The molecule has 13 heavy (non-hydrogen) atoms. The Balaban J connectivity index is 1.98. The maximum Gasteiger partial charge on any atom is 0.321 e. The van der Waals surface area contributed by atoms with E-state index < -0.39 is 0 Å². The second-order valence-corrected chi connectivity index (χ2v) is 4.51. The van der Waals surface area contributed by atoms with Crippen LogP contribution in [0.5, 0.6) is 0 Å². The maximum atomic E-state index is 11.0. The first-order chi connectivity index (χ1) is 6.13. The Bertz CT molecular complexity index is 262. The van der Waals surface area contributed by atoms with Gasteiger partial charge in [0, 0.05) is 5.92 Å². The van der Waals surface area contributed by atoms with E-state index in [2.05, 4.69) is 19.1 Å². The van der Waals surface area contributed by atoms with Gasteiger partial charge in [-0.05, 0) is 18.3 Å². The summed E-state index contributed by atoms with van der Waals surface area (Å²) in [5, 5.41) is 0. The fourth-order valence-electron chi connectivity index (χ4n) is 2.38. The summed E-state index contributed by atoms with van der Waals surface area (Å²) in [5.41, 5.74) is 0.266.